The lowest BCUT2D eigenvalue weighted by Crippen LogP contribution is -2.33. The van der Waals surface area contributed by atoms with Gasteiger partial charge in [-0.15, -0.1) is 0 Å². The van der Waals surface area contributed by atoms with Crippen molar-refractivity contribution in [1.29, 1.82) is 0 Å². The van der Waals surface area contributed by atoms with Gasteiger partial charge in [-0.25, -0.2) is 9.10 Å². The van der Waals surface area contributed by atoms with Crippen molar-refractivity contribution in [1.82, 2.24) is 5.32 Å². The molecule has 4 nitrogen and oxygen atoms in total. The molecule has 2 aromatic carbocycles. The number of nitrogens with one attached hydrogen (secondary N) is 1. The van der Waals surface area contributed by atoms with Crippen molar-refractivity contribution in [3.8, 4) is 5.75 Å². The number of hydrogen-bond acceptors (Lipinski definition) is 3. The first-order chi connectivity index (χ1) is 10.4. The molecular formula is C15H14Cl2N2O2S. The first-order valence-corrected chi connectivity index (χ1v) is 7.55. The molecule has 0 radical (unpaired) electrons. The molecule has 116 valence electrons. The van der Waals surface area contributed by atoms with Gasteiger partial charge in [-0.1, -0.05) is 60.3 Å². The molecule has 2 N–H and O–H groups in total. The number of phenolic OH excluding ortho intramolecular Hbond substituents is 1. The summed E-state index contributed by atoms with van der Waals surface area (Å²) in [6, 6.07) is 10.1. The molecule has 0 saturated carbocycles. The second kappa shape index (κ2) is 7.13. The number of carbonyl (C=O) groups is 1. The van der Waals surface area contributed by atoms with Gasteiger partial charge < -0.3 is 10.4 Å². The van der Waals surface area contributed by atoms with Crippen LogP contribution in [0.25, 0.3) is 0 Å². The van der Waals surface area contributed by atoms with E-state index >= 15 is 0 Å². The van der Waals surface area contributed by atoms with Crippen molar-refractivity contribution in [3.05, 3.63) is 57.6 Å². The molecule has 0 saturated heterocycles. The Hall–Kier alpha value is -1.56. The number of thiol groups is 1. The van der Waals surface area contributed by atoms with E-state index in [-0.39, 0.29) is 15.8 Å². The molecule has 2 aromatic rings. The van der Waals surface area contributed by atoms with Crippen LogP contribution < -0.4 is 9.62 Å². The number of aromatic hydroxyl groups is 1. The van der Waals surface area contributed by atoms with E-state index in [2.05, 4.69) is 18.1 Å². The maximum atomic E-state index is 12.1. The standard InChI is InChI=1S/C15H14Cl2N2O2S/c1-9-4-2-3-5-10(9)8-18-15(21)19(22)11-6-12(16)14(20)13(17)7-11/h2-7,20,22H,8H2,1H3,(H,18,21). The van der Waals surface area contributed by atoms with Crippen molar-refractivity contribution in [2.45, 2.75) is 13.5 Å². The Balaban J connectivity index is 2.08. The highest BCUT2D eigenvalue weighted by Gasteiger charge is 2.15. The molecule has 0 unspecified atom stereocenters. The van der Waals surface area contributed by atoms with Crippen molar-refractivity contribution in [3.63, 3.8) is 0 Å². The Morgan fingerprint density at radius 1 is 1.27 bits per heavy atom. The van der Waals surface area contributed by atoms with Crippen LogP contribution in [-0.2, 0) is 6.54 Å². The second-order valence-electron chi connectivity index (χ2n) is 4.66. The topological polar surface area (TPSA) is 52.6 Å². The van der Waals surface area contributed by atoms with Gasteiger partial charge in [0, 0.05) is 6.54 Å². The monoisotopic (exact) mass is 356 g/mol. The highest BCUT2D eigenvalue weighted by atomic mass is 35.5. The van der Waals surface area contributed by atoms with E-state index in [1.807, 2.05) is 31.2 Å². The lowest BCUT2D eigenvalue weighted by Gasteiger charge is -2.18. The normalized spacial score (nSPS) is 10.4. The third-order valence-corrected chi connectivity index (χ3v) is 4.12. The molecule has 7 heteroatoms. The van der Waals surface area contributed by atoms with E-state index in [1.165, 1.54) is 12.1 Å². The van der Waals surface area contributed by atoms with Crippen LogP contribution in [0, 0.1) is 6.92 Å². The van der Waals surface area contributed by atoms with Gasteiger partial charge in [0.1, 0.15) is 0 Å². The van der Waals surface area contributed by atoms with Gasteiger partial charge in [0.2, 0.25) is 0 Å². The van der Waals surface area contributed by atoms with Crippen LogP contribution in [0.3, 0.4) is 0 Å². The Morgan fingerprint density at radius 2 is 1.86 bits per heavy atom. The minimum absolute atomic E-state index is 0.0493. The molecule has 0 spiro atoms. The van der Waals surface area contributed by atoms with Gasteiger partial charge >= 0.3 is 6.03 Å². The SMILES string of the molecule is Cc1ccccc1CNC(=O)N(S)c1cc(Cl)c(O)c(Cl)c1. The molecule has 2 rings (SSSR count). The molecule has 2 amide bonds. The molecule has 0 bridgehead atoms. The molecule has 22 heavy (non-hydrogen) atoms. The first-order valence-electron chi connectivity index (χ1n) is 6.39. The van der Waals surface area contributed by atoms with Crippen LogP contribution in [0.5, 0.6) is 5.75 Å². The predicted octanol–water partition coefficient (Wildman–Crippen LogP) is 4.57. The minimum atomic E-state index is -0.426. The molecule has 0 aromatic heterocycles. The lowest BCUT2D eigenvalue weighted by molar-refractivity contribution is 0.249. The number of hydrogen-bond donors (Lipinski definition) is 3. The van der Waals surface area contributed by atoms with Crippen molar-refractivity contribution in [2.75, 3.05) is 4.31 Å². The van der Waals surface area contributed by atoms with Gasteiger partial charge in [-0.3, -0.25) is 0 Å². The molecule has 0 aliphatic rings. The molecule has 0 fully saturated rings. The summed E-state index contributed by atoms with van der Waals surface area (Å²) < 4.78 is 1.08. The second-order valence-corrected chi connectivity index (χ2v) is 5.87. The number of carbonyl (C=O) groups excluding carboxylic acids is 1. The smallest absolute Gasteiger partial charge is 0.332 e. The average molecular weight is 357 g/mol. The van der Waals surface area contributed by atoms with E-state index in [0.717, 1.165) is 15.4 Å². The van der Waals surface area contributed by atoms with Crippen LogP contribution in [0.4, 0.5) is 10.5 Å². The summed E-state index contributed by atoms with van der Waals surface area (Å²) in [5.74, 6) is -0.228. The van der Waals surface area contributed by atoms with Crippen LogP contribution in [-0.4, -0.2) is 11.1 Å². The summed E-state index contributed by atoms with van der Waals surface area (Å²) >= 11 is 15.8. The number of amides is 2. The number of benzene rings is 2. The highest BCUT2D eigenvalue weighted by Crippen LogP contribution is 2.36. The zero-order chi connectivity index (χ0) is 16.3. The Labute approximate surface area is 144 Å². The molecule has 0 atom stereocenters. The Kier molecular flexibility index (Phi) is 5.45. The van der Waals surface area contributed by atoms with Crippen molar-refractivity contribution in [2.24, 2.45) is 0 Å². The Bertz CT molecular complexity index is 687. The fraction of sp³-hybridized carbons (Fsp3) is 0.133. The number of phenols is 1. The summed E-state index contributed by atoms with van der Waals surface area (Å²) in [7, 11) is 0. The van der Waals surface area contributed by atoms with Crippen molar-refractivity contribution < 1.29 is 9.90 Å². The fourth-order valence-corrected chi connectivity index (χ4v) is 2.51. The van der Waals surface area contributed by atoms with Crippen LogP contribution in [0.2, 0.25) is 10.0 Å². The van der Waals surface area contributed by atoms with Crippen LogP contribution in [0.1, 0.15) is 11.1 Å². The molecular weight excluding hydrogens is 343 g/mol. The number of anilines is 1. The third-order valence-electron chi connectivity index (χ3n) is 3.13. The minimum Gasteiger partial charge on any atom is -0.505 e. The third kappa shape index (κ3) is 3.80. The van der Waals surface area contributed by atoms with Gasteiger partial charge in [-0.2, -0.15) is 0 Å². The van der Waals surface area contributed by atoms with E-state index in [4.69, 9.17) is 23.2 Å². The van der Waals surface area contributed by atoms with E-state index in [9.17, 15) is 9.90 Å². The number of nitrogens with zero attached hydrogens (tertiary/aromatic N) is 1. The van der Waals surface area contributed by atoms with Gasteiger partial charge in [0.15, 0.2) is 5.75 Å². The molecule has 0 aliphatic carbocycles. The number of halogens is 2. The number of urea groups is 1. The average Bonchev–Trinajstić information content (AvgIpc) is 2.50. The predicted molar refractivity (Wildman–Crippen MR) is 93.0 cm³/mol. The van der Waals surface area contributed by atoms with E-state index in [0.29, 0.717) is 12.2 Å². The van der Waals surface area contributed by atoms with E-state index < -0.39 is 6.03 Å². The Morgan fingerprint density at radius 3 is 2.45 bits per heavy atom. The van der Waals surface area contributed by atoms with Gasteiger partial charge in [-0.05, 0) is 30.2 Å². The summed E-state index contributed by atoms with van der Waals surface area (Å²) in [6.45, 7) is 2.35. The first kappa shape index (κ1) is 16.8. The molecule has 0 heterocycles. The quantitative estimate of drug-likeness (QED) is 0.705. The summed E-state index contributed by atoms with van der Waals surface area (Å²) in [6.07, 6.45) is 0. The van der Waals surface area contributed by atoms with Crippen LogP contribution >= 0.6 is 36.0 Å². The maximum absolute atomic E-state index is 12.1. The number of rotatable bonds is 3. The lowest BCUT2D eigenvalue weighted by atomic mass is 10.1. The van der Waals surface area contributed by atoms with Gasteiger partial charge in [0.25, 0.3) is 0 Å². The maximum Gasteiger partial charge on any atom is 0.332 e. The van der Waals surface area contributed by atoms with Crippen molar-refractivity contribution >= 4 is 47.7 Å². The van der Waals surface area contributed by atoms with Crippen LogP contribution in [0.15, 0.2) is 36.4 Å². The fourth-order valence-electron chi connectivity index (χ4n) is 1.85. The van der Waals surface area contributed by atoms with E-state index in [1.54, 1.807) is 0 Å². The summed E-state index contributed by atoms with van der Waals surface area (Å²) in [5.41, 5.74) is 2.46. The summed E-state index contributed by atoms with van der Waals surface area (Å²) in [5, 5.41) is 12.4. The number of aryl methyl sites for hydroxylation is 1. The largest absolute Gasteiger partial charge is 0.505 e. The highest BCUT2D eigenvalue weighted by molar-refractivity contribution is 7.82. The molecule has 0 aliphatic heterocycles. The summed E-state index contributed by atoms with van der Waals surface area (Å²) in [4.78, 5) is 12.1. The zero-order valence-corrected chi connectivity index (χ0v) is 14.1. The zero-order valence-electron chi connectivity index (χ0n) is 11.7. The van der Waals surface area contributed by atoms with Gasteiger partial charge in [0.05, 0.1) is 15.7 Å².